The van der Waals surface area contributed by atoms with Crippen LogP contribution in [0.15, 0.2) is 30.3 Å². The van der Waals surface area contributed by atoms with Crippen LogP contribution in [0.2, 0.25) is 12.1 Å². The summed E-state index contributed by atoms with van der Waals surface area (Å²) >= 11 is 11.3. The number of aryl methyl sites for hydroxylation is 1. The molecule has 0 aromatic heterocycles. The van der Waals surface area contributed by atoms with E-state index in [1.54, 1.807) is 0 Å². The molecule has 0 saturated carbocycles. The van der Waals surface area contributed by atoms with Crippen LogP contribution in [-0.4, -0.2) is 14.4 Å². The number of alkyl halides is 2. The van der Waals surface area contributed by atoms with E-state index >= 15 is 0 Å². The summed E-state index contributed by atoms with van der Waals surface area (Å²) in [5.41, 5.74) is 1.40. The van der Waals surface area contributed by atoms with E-state index in [1.165, 1.54) is 11.6 Å². The molecule has 0 fully saturated rings. The summed E-state index contributed by atoms with van der Waals surface area (Å²) < 4.78 is 0. The third-order valence-corrected chi connectivity index (χ3v) is 3.86. The van der Waals surface area contributed by atoms with Gasteiger partial charge in [0, 0.05) is 9.52 Å². The molecule has 3 heteroatoms. The standard InChI is InChI=1S/C10H12Cl2Si/c11-10(12)8-13-7-6-9-4-2-1-3-5-9/h1-5,10H,6-8H2. The normalized spacial score (nSPS) is 10.7. The Morgan fingerprint density at radius 2 is 1.85 bits per heavy atom. The fourth-order valence-corrected chi connectivity index (χ4v) is 2.63. The lowest BCUT2D eigenvalue weighted by Gasteiger charge is -2.00. The van der Waals surface area contributed by atoms with Gasteiger partial charge in [-0.3, -0.25) is 0 Å². The molecular formula is C10H12Cl2Si. The predicted molar refractivity (Wildman–Crippen MR) is 61.0 cm³/mol. The van der Waals surface area contributed by atoms with Gasteiger partial charge in [-0.25, -0.2) is 0 Å². The van der Waals surface area contributed by atoms with Gasteiger partial charge in [0.15, 0.2) is 0 Å². The van der Waals surface area contributed by atoms with Gasteiger partial charge >= 0.3 is 0 Å². The Hall–Kier alpha value is 0.0169. The van der Waals surface area contributed by atoms with Crippen molar-refractivity contribution in [1.82, 2.24) is 0 Å². The molecule has 0 atom stereocenters. The van der Waals surface area contributed by atoms with E-state index in [-0.39, 0.29) is 4.84 Å². The lowest BCUT2D eigenvalue weighted by molar-refractivity contribution is 1.11. The Balaban J connectivity index is 2.13. The quantitative estimate of drug-likeness (QED) is 0.413. The predicted octanol–water partition coefficient (Wildman–Crippen LogP) is 3.57. The molecule has 0 heterocycles. The minimum absolute atomic E-state index is 0.186. The molecule has 0 bridgehead atoms. The Morgan fingerprint density at radius 3 is 2.46 bits per heavy atom. The highest BCUT2D eigenvalue weighted by Crippen LogP contribution is 2.09. The monoisotopic (exact) mass is 230 g/mol. The lowest BCUT2D eigenvalue weighted by Crippen LogP contribution is -1.97. The number of halogens is 2. The summed E-state index contributed by atoms with van der Waals surface area (Å²) in [6.07, 6.45) is 1.14. The van der Waals surface area contributed by atoms with Crippen LogP contribution in [-0.2, 0) is 6.42 Å². The summed E-state index contributed by atoms with van der Waals surface area (Å²) in [7, 11) is 0.874. The van der Waals surface area contributed by atoms with Crippen LogP contribution in [0.4, 0.5) is 0 Å². The van der Waals surface area contributed by atoms with Crippen molar-refractivity contribution in [2.24, 2.45) is 0 Å². The van der Waals surface area contributed by atoms with Gasteiger partial charge in [0.05, 0.1) is 0 Å². The Labute approximate surface area is 92.1 Å². The molecule has 0 aliphatic heterocycles. The smallest absolute Gasteiger partial charge is 0.105 e. The molecule has 1 aromatic rings. The highest BCUT2D eigenvalue weighted by atomic mass is 35.5. The summed E-state index contributed by atoms with van der Waals surface area (Å²) in [5.74, 6) is 0. The Kier molecular flexibility index (Phi) is 5.52. The van der Waals surface area contributed by atoms with Crippen molar-refractivity contribution in [2.75, 3.05) is 0 Å². The molecule has 1 aromatic carbocycles. The van der Waals surface area contributed by atoms with Crippen molar-refractivity contribution in [3.05, 3.63) is 35.9 Å². The van der Waals surface area contributed by atoms with Crippen molar-refractivity contribution >= 4 is 32.7 Å². The molecule has 0 unspecified atom stereocenters. The Morgan fingerprint density at radius 1 is 1.15 bits per heavy atom. The Bertz CT molecular complexity index is 224. The van der Waals surface area contributed by atoms with E-state index in [2.05, 4.69) is 24.3 Å². The van der Waals surface area contributed by atoms with Crippen molar-refractivity contribution < 1.29 is 0 Å². The van der Waals surface area contributed by atoms with Crippen molar-refractivity contribution in [3.63, 3.8) is 0 Å². The second-order valence-corrected chi connectivity index (χ2v) is 5.52. The maximum Gasteiger partial charge on any atom is 0.105 e. The third-order valence-electron chi connectivity index (χ3n) is 1.73. The highest BCUT2D eigenvalue weighted by molar-refractivity contribution is 6.49. The molecule has 0 nitrogen and oxygen atoms in total. The number of rotatable bonds is 5. The first-order valence-corrected chi connectivity index (χ1v) is 6.60. The van der Waals surface area contributed by atoms with Crippen LogP contribution in [0.25, 0.3) is 0 Å². The molecule has 0 saturated heterocycles. The van der Waals surface area contributed by atoms with E-state index in [4.69, 9.17) is 23.2 Å². The maximum atomic E-state index is 5.63. The zero-order chi connectivity index (χ0) is 9.52. The molecule has 13 heavy (non-hydrogen) atoms. The van der Waals surface area contributed by atoms with Crippen molar-refractivity contribution in [3.8, 4) is 0 Å². The molecule has 0 aliphatic rings. The van der Waals surface area contributed by atoms with E-state index in [1.807, 2.05) is 6.07 Å². The van der Waals surface area contributed by atoms with Gasteiger partial charge in [0.25, 0.3) is 0 Å². The first kappa shape index (κ1) is 11.1. The molecular weight excluding hydrogens is 219 g/mol. The molecule has 1 rings (SSSR count). The summed E-state index contributed by atoms with van der Waals surface area (Å²) in [4.78, 5) is -0.186. The van der Waals surface area contributed by atoms with Gasteiger partial charge in [-0.1, -0.05) is 36.4 Å². The van der Waals surface area contributed by atoms with E-state index in [0.29, 0.717) is 0 Å². The van der Waals surface area contributed by atoms with Crippen molar-refractivity contribution in [1.29, 1.82) is 0 Å². The van der Waals surface area contributed by atoms with E-state index in [9.17, 15) is 0 Å². The second kappa shape index (κ2) is 6.47. The van der Waals surface area contributed by atoms with Gasteiger partial charge in [-0.2, -0.15) is 0 Å². The first-order chi connectivity index (χ1) is 6.29. The number of benzene rings is 1. The zero-order valence-electron chi connectivity index (χ0n) is 7.34. The summed E-state index contributed by atoms with van der Waals surface area (Å²) in [5, 5.41) is 0. The lowest BCUT2D eigenvalue weighted by atomic mass is 10.2. The first-order valence-electron chi connectivity index (χ1n) is 4.32. The van der Waals surface area contributed by atoms with Crippen molar-refractivity contribution in [2.45, 2.75) is 23.3 Å². The minimum Gasteiger partial charge on any atom is -0.106 e. The average molecular weight is 231 g/mol. The van der Waals surface area contributed by atoms with Gasteiger partial charge in [-0.15, -0.1) is 23.2 Å². The van der Waals surface area contributed by atoms with Crippen LogP contribution < -0.4 is 0 Å². The summed E-state index contributed by atoms with van der Waals surface area (Å²) in [6.45, 7) is 0. The zero-order valence-corrected chi connectivity index (χ0v) is 9.85. The van der Waals surface area contributed by atoms with E-state index in [0.717, 1.165) is 22.0 Å². The number of hydrogen-bond acceptors (Lipinski definition) is 0. The molecule has 0 N–H and O–H groups in total. The molecule has 0 spiro atoms. The molecule has 2 radical (unpaired) electrons. The average Bonchev–Trinajstić information content (AvgIpc) is 2.14. The molecule has 0 aliphatic carbocycles. The van der Waals surface area contributed by atoms with Gasteiger partial charge in [0.1, 0.15) is 4.84 Å². The minimum atomic E-state index is -0.186. The van der Waals surface area contributed by atoms with Crippen LogP contribution in [0.5, 0.6) is 0 Å². The maximum absolute atomic E-state index is 5.63. The van der Waals surface area contributed by atoms with Crippen LogP contribution >= 0.6 is 23.2 Å². The second-order valence-electron chi connectivity index (χ2n) is 2.83. The fraction of sp³-hybridized carbons (Fsp3) is 0.400. The van der Waals surface area contributed by atoms with Crippen LogP contribution in [0, 0.1) is 0 Å². The van der Waals surface area contributed by atoms with Crippen LogP contribution in [0.1, 0.15) is 5.56 Å². The van der Waals surface area contributed by atoms with Gasteiger partial charge < -0.3 is 0 Å². The van der Waals surface area contributed by atoms with Crippen LogP contribution in [0.3, 0.4) is 0 Å². The third kappa shape index (κ3) is 5.35. The highest BCUT2D eigenvalue weighted by Gasteiger charge is 1.99. The SMILES string of the molecule is ClC(Cl)C[Si]CCc1ccccc1. The van der Waals surface area contributed by atoms with E-state index < -0.39 is 0 Å². The summed E-state index contributed by atoms with van der Waals surface area (Å²) in [6, 6.07) is 12.6. The topological polar surface area (TPSA) is 0 Å². The fourth-order valence-electron chi connectivity index (χ4n) is 1.09. The molecule has 70 valence electrons. The number of hydrogen-bond donors (Lipinski definition) is 0. The van der Waals surface area contributed by atoms with Gasteiger partial charge in [0.2, 0.25) is 0 Å². The molecule has 0 amide bonds. The largest absolute Gasteiger partial charge is 0.106 e. The van der Waals surface area contributed by atoms with Gasteiger partial charge in [-0.05, 0) is 18.0 Å².